The monoisotopic (exact) mass is 316 g/mol. The third kappa shape index (κ3) is 4.60. The molecule has 1 atom stereocenters. The van der Waals surface area contributed by atoms with Crippen LogP contribution in [-0.4, -0.2) is 11.8 Å². The Morgan fingerprint density at radius 2 is 1.77 bits per heavy atom. The topological polar surface area (TPSA) is 58.2 Å². The van der Waals surface area contributed by atoms with Crippen LogP contribution in [0.3, 0.4) is 0 Å². The summed E-state index contributed by atoms with van der Waals surface area (Å²) in [5, 5.41) is 0.469. The van der Waals surface area contributed by atoms with Crippen molar-refractivity contribution in [2.75, 3.05) is 0 Å². The molecular weight excluding hydrogens is 300 g/mol. The summed E-state index contributed by atoms with van der Waals surface area (Å²) in [5.41, 5.74) is 6.28. The first kappa shape index (κ1) is 16.0. The van der Waals surface area contributed by atoms with Crippen LogP contribution in [0.2, 0.25) is 5.02 Å². The van der Waals surface area contributed by atoms with Crippen molar-refractivity contribution in [1.29, 1.82) is 0 Å². The molecule has 2 aromatic rings. The van der Waals surface area contributed by atoms with Crippen LogP contribution in [-0.2, 0) is 4.79 Å². The van der Waals surface area contributed by atoms with Crippen molar-refractivity contribution in [3.05, 3.63) is 70.7 Å². The molecule has 0 unspecified atom stereocenters. The molecule has 5 heteroatoms. The maximum Gasteiger partial charge on any atom is 0.269 e. The second-order valence-corrected chi connectivity index (χ2v) is 5.46. The molecule has 0 saturated heterocycles. The SMILES string of the molecule is C[C@@H](CC(=O)NNC(=O)c1cccc(Cl)c1)c1ccccc1. The van der Waals surface area contributed by atoms with Crippen molar-refractivity contribution in [2.24, 2.45) is 0 Å². The van der Waals surface area contributed by atoms with Crippen LogP contribution in [0.25, 0.3) is 0 Å². The average Bonchev–Trinajstić information content (AvgIpc) is 2.53. The smallest absolute Gasteiger partial charge is 0.269 e. The molecule has 2 aromatic carbocycles. The highest BCUT2D eigenvalue weighted by molar-refractivity contribution is 6.30. The molecule has 4 nitrogen and oxygen atoms in total. The van der Waals surface area contributed by atoms with E-state index < -0.39 is 5.91 Å². The standard InChI is InChI=1S/C17H17ClN2O2/c1-12(13-6-3-2-4-7-13)10-16(21)19-20-17(22)14-8-5-9-15(18)11-14/h2-9,11-12H,10H2,1H3,(H,19,21)(H,20,22)/t12-/m0/s1. The van der Waals surface area contributed by atoms with Gasteiger partial charge in [0.1, 0.15) is 0 Å². The maximum absolute atomic E-state index is 11.9. The van der Waals surface area contributed by atoms with Crippen molar-refractivity contribution < 1.29 is 9.59 Å². The maximum atomic E-state index is 11.9. The summed E-state index contributed by atoms with van der Waals surface area (Å²) in [5.74, 6) is -0.570. The molecular formula is C17H17ClN2O2. The molecule has 2 N–H and O–H groups in total. The highest BCUT2D eigenvalue weighted by Crippen LogP contribution is 2.17. The molecule has 0 heterocycles. The van der Waals surface area contributed by atoms with Gasteiger partial charge in [0.25, 0.3) is 5.91 Å². The van der Waals surface area contributed by atoms with Gasteiger partial charge in [0.05, 0.1) is 0 Å². The first-order valence-corrected chi connectivity index (χ1v) is 7.34. The summed E-state index contributed by atoms with van der Waals surface area (Å²) in [4.78, 5) is 23.8. The van der Waals surface area contributed by atoms with E-state index in [0.29, 0.717) is 17.0 Å². The zero-order valence-corrected chi connectivity index (χ0v) is 12.9. The van der Waals surface area contributed by atoms with Gasteiger partial charge in [-0.05, 0) is 29.7 Å². The molecule has 22 heavy (non-hydrogen) atoms. The molecule has 0 spiro atoms. The van der Waals surface area contributed by atoms with Crippen LogP contribution in [0.15, 0.2) is 54.6 Å². The Morgan fingerprint density at radius 1 is 1.05 bits per heavy atom. The predicted octanol–water partition coefficient (Wildman–Crippen LogP) is 3.29. The zero-order valence-electron chi connectivity index (χ0n) is 12.2. The molecule has 2 rings (SSSR count). The van der Waals surface area contributed by atoms with Crippen molar-refractivity contribution >= 4 is 23.4 Å². The van der Waals surface area contributed by atoms with Gasteiger partial charge in [0.15, 0.2) is 0 Å². The third-order valence-corrected chi connectivity index (χ3v) is 3.50. The lowest BCUT2D eigenvalue weighted by atomic mass is 9.98. The van der Waals surface area contributed by atoms with E-state index in [9.17, 15) is 9.59 Å². The molecule has 0 aliphatic heterocycles. The fourth-order valence-electron chi connectivity index (χ4n) is 2.06. The molecule has 0 aliphatic carbocycles. The Kier molecular flexibility index (Phi) is 5.55. The Hall–Kier alpha value is -2.33. The summed E-state index contributed by atoms with van der Waals surface area (Å²) in [6.45, 7) is 1.97. The number of benzene rings is 2. The largest absolute Gasteiger partial charge is 0.273 e. The van der Waals surface area contributed by atoms with E-state index >= 15 is 0 Å². The van der Waals surface area contributed by atoms with Gasteiger partial charge in [-0.2, -0.15) is 0 Å². The van der Waals surface area contributed by atoms with Crippen molar-refractivity contribution in [2.45, 2.75) is 19.3 Å². The second-order valence-electron chi connectivity index (χ2n) is 5.03. The zero-order chi connectivity index (χ0) is 15.9. The Balaban J connectivity index is 1.84. The number of carbonyl (C=O) groups excluding carboxylic acids is 2. The van der Waals surface area contributed by atoms with E-state index in [1.54, 1.807) is 18.2 Å². The van der Waals surface area contributed by atoms with Crippen molar-refractivity contribution in [3.63, 3.8) is 0 Å². The fourth-order valence-corrected chi connectivity index (χ4v) is 2.25. The Bertz CT molecular complexity index is 659. The number of amides is 2. The summed E-state index contributed by atoms with van der Waals surface area (Å²) < 4.78 is 0. The van der Waals surface area contributed by atoms with Gasteiger partial charge in [-0.25, -0.2) is 0 Å². The van der Waals surface area contributed by atoms with E-state index in [-0.39, 0.29) is 11.8 Å². The molecule has 114 valence electrons. The van der Waals surface area contributed by atoms with E-state index in [0.717, 1.165) is 5.56 Å². The van der Waals surface area contributed by atoms with Gasteiger partial charge in [-0.15, -0.1) is 0 Å². The van der Waals surface area contributed by atoms with E-state index in [1.807, 2.05) is 37.3 Å². The number of hydrogen-bond acceptors (Lipinski definition) is 2. The van der Waals surface area contributed by atoms with Crippen LogP contribution < -0.4 is 10.9 Å². The predicted molar refractivity (Wildman–Crippen MR) is 86.5 cm³/mol. The van der Waals surface area contributed by atoms with Gasteiger partial charge in [-0.1, -0.05) is 54.9 Å². The molecule has 0 aliphatic rings. The lowest BCUT2D eigenvalue weighted by Crippen LogP contribution is -2.41. The Morgan fingerprint density at radius 3 is 2.45 bits per heavy atom. The summed E-state index contributed by atoms with van der Waals surface area (Å²) in [6, 6.07) is 16.3. The minimum Gasteiger partial charge on any atom is -0.273 e. The minimum absolute atomic E-state index is 0.0734. The fraction of sp³-hybridized carbons (Fsp3) is 0.176. The highest BCUT2D eigenvalue weighted by atomic mass is 35.5. The normalized spacial score (nSPS) is 11.5. The van der Waals surface area contributed by atoms with Crippen molar-refractivity contribution in [1.82, 2.24) is 10.9 Å². The number of halogens is 1. The molecule has 0 bridgehead atoms. The van der Waals surface area contributed by atoms with Crippen LogP contribution >= 0.6 is 11.6 Å². The first-order chi connectivity index (χ1) is 10.6. The van der Waals surface area contributed by atoms with Gasteiger partial charge < -0.3 is 0 Å². The van der Waals surface area contributed by atoms with Crippen LogP contribution in [0.1, 0.15) is 35.2 Å². The van der Waals surface area contributed by atoms with Crippen LogP contribution in [0, 0.1) is 0 Å². The second kappa shape index (κ2) is 7.61. The number of hydrogen-bond donors (Lipinski definition) is 2. The van der Waals surface area contributed by atoms with Crippen LogP contribution in [0.5, 0.6) is 0 Å². The average molecular weight is 317 g/mol. The van der Waals surface area contributed by atoms with E-state index in [2.05, 4.69) is 10.9 Å². The minimum atomic E-state index is -0.400. The Labute approximate surface area is 134 Å². The van der Waals surface area contributed by atoms with Gasteiger partial charge in [0.2, 0.25) is 5.91 Å². The molecule has 0 radical (unpaired) electrons. The van der Waals surface area contributed by atoms with Gasteiger partial charge >= 0.3 is 0 Å². The van der Waals surface area contributed by atoms with Gasteiger partial charge in [0, 0.05) is 17.0 Å². The number of nitrogens with one attached hydrogen (secondary N) is 2. The highest BCUT2D eigenvalue weighted by Gasteiger charge is 2.12. The summed E-state index contributed by atoms with van der Waals surface area (Å²) in [7, 11) is 0. The van der Waals surface area contributed by atoms with E-state index in [1.165, 1.54) is 6.07 Å². The molecule has 0 fully saturated rings. The summed E-state index contributed by atoms with van der Waals surface area (Å²) in [6.07, 6.45) is 0.292. The number of hydrazine groups is 1. The lowest BCUT2D eigenvalue weighted by molar-refractivity contribution is -0.122. The third-order valence-electron chi connectivity index (χ3n) is 3.26. The van der Waals surface area contributed by atoms with E-state index in [4.69, 9.17) is 11.6 Å². The molecule has 0 saturated carbocycles. The quantitative estimate of drug-likeness (QED) is 0.850. The number of rotatable bonds is 4. The number of carbonyl (C=O) groups is 2. The first-order valence-electron chi connectivity index (χ1n) is 6.96. The lowest BCUT2D eigenvalue weighted by Gasteiger charge is -2.12. The van der Waals surface area contributed by atoms with Crippen LogP contribution in [0.4, 0.5) is 0 Å². The molecule has 0 aromatic heterocycles. The van der Waals surface area contributed by atoms with Crippen molar-refractivity contribution in [3.8, 4) is 0 Å². The molecule has 2 amide bonds. The van der Waals surface area contributed by atoms with Gasteiger partial charge in [-0.3, -0.25) is 20.4 Å². The summed E-state index contributed by atoms with van der Waals surface area (Å²) >= 11 is 5.82.